The number of carbonyl (C=O) groups is 1. The molecule has 20 heavy (non-hydrogen) atoms. The Morgan fingerprint density at radius 2 is 1.70 bits per heavy atom. The molecule has 0 fully saturated rings. The van der Waals surface area contributed by atoms with Crippen LogP contribution < -0.4 is 10.6 Å². The van der Waals surface area contributed by atoms with Crippen LogP contribution in [0.25, 0.3) is 0 Å². The first-order valence-corrected chi connectivity index (χ1v) is 6.54. The van der Waals surface area contributed by atoms with Crippen molar-refractivity contribution in [2.75, 3.05) is 10.6 Å². The van der Waals surface area contributed by atoms with E-state index in [9.17, 15) is 4.79 Å². The van der Waals surface area contributed by atoms with Gasteiger partial charge < -0.3 is 10.6 Å². The van der Waals surface area contributed by atoms with Gasteiger partial charge in [-0.05, 0) is 35.7 Å². The zero-order chi connectivity index (χ0) is 14.2. The second kappa shape index (κ2) is 7.14. The van der Waals surface area contributed by atoms with Crippen LogP contribution in [0.4, 0.5) is 11.4 Å². The monoisotopic (exact) mass is 266 g/mol. The number of hydrogen-bond donors (Lipinski definition) is 2. The molecular formula is C17H18N2O. The minimum Gasteiger partial charge on any atom is -0.381 e. The minimum atomic E-state index is 0.678. The maximum atomic E-state index is 10.4. The van der Waals surface area contributed by atoms with Crippen LogP contribution in [0.5, 0.6) is 0 Å². The number of allylic oxidation sites excluding steroid dienone is 1. The third kappa shape index (κ3) is 3.99. The molecule has 0 radical (unpaired) electrons. The topological polar surface area (TPSA) is 41.1 Å². The number of anilines is 2. The molecule has 3 heteroatoms. The lowest BCUT2D eigenvalue weighted by Crippen LogP contribution is -2.00. The molecule has 0 aliphatic heterocycles. The van der Waals surface area contributed by atoms with Crippen molar-refractivity contribution in [1.29, 1.82) is 0 Å². The first-order chi connectivity index (χ1) is 9.81. The van der Waals surface area contributed by atoms with Crippen LogP contribution in [0, 0.1) is 0 Å². The van der Waals surface area contributed by atoms with Crippen molar-refractivity contribution in [2.24, 2.45) is 0 Å². The highest BCUT2D eigenvalue weighted by Crippen LogP contribution is 2.15. The molecule has 0 saturated heterocycles. The molecule has 2 N–H and O–H groups in total. The molecule has 0 atom stereocenters. The van der Waals surface area contributed by atoms with E-state index < -0.39 is 0 Å². The number of rotatable bonds is 7. The van der Waals surface area contributed by atoms with Gasteiger partial charge in [0.1, 0.15) is 0 Å². The molecule has 0 heterocycles. The van der Waals surface area contributed by atoms with Crippen molar-refractivity contribution in [3.05, 3.63) is 72.3 Å². The number of hydrogen-bond acceptors (Lipinski definition) is 2. The predicted octanol–water partition coefficient (Wildman–Crippen LogP) is 3.60. The maximum absolute atomic E-state index is 10.4. The molecule has 0 aliphatic carbocycles. The Balaban J connectivity index is 1.95. The summed E-state index contributed by atoms with van der Waals surface area (Å²) in [4.78, 5) is 10.4. The van der Waals surface area contributed by atoms with Crippen LogP contribution in [0.2, 0.25) is 0 Å². The van der Waals surface area contributed by atoms with Gasteiger partial charge in [-0.25, -0.2) is 0 Å². The summed E-state index contributed by atoms with van der Waals surface area (Å²) in [6, 6.07) is 16.1. The molecule has 2 aromatic rings. The van der Waals surface area contributed by atoms with Gasteiger partial charge in [-0.2, -0.15) is 0 Å². The zero-order valence-corrected chi connectivity index (χ0v) is 11.3. The Kier molecular flexibility index (Phi) is 4.95. The molecule has 1 amide bonds. The molecule has 102 valence electrons. The summed E-state index contributed by atoms with van der Waals surface area (Å²) < 4.78 is 0. The molecule has 0 spiro atoms. The largest absolute Gasteiger partial charge is 0.381 e. The fourth-order valence-corrected chi connectivity index (χ4v) is 1.95. The van der Waals surface area contributed by atoms with Gasteiger partial charge >= 0.3 is 0 Å². The first-order valence-electron chi connectivity index (χ1n) is 6.54. The summed E-state index contributed by atoms with van der Waals surface area (Å²) in [5, 5.41) is 5.97. The van der Waals surface area contributed by atoms with Crippen molar-refractivity contribution in [3.8, 4) is 0 Å². The second-order valence-corrected chi connectivity index (χ2v) is 4.51. The lowest BCUT2D eigenvalue weighted by atomic mass is 10.1. The molecule has 2 aromatic carbocycles. The summed E-state index contributed by atoms with van der Waals surface area (Å²) in [6.45, 7) is 4.48. The van der Waals surface area contributed by atoms with Crippen molar-refractivity contribution < 1.29 is 4.79 Å². The van der Waals surface area contributed by atoms with Crippen LogP contribution in [0.1, 0.15) is 11.1 Å². The normalized spacial score (nSPS) is 9.80. The average molecular weight is 266 g/mol. The van der Waals surface area contributed by atoms with E-state index in [-0.39, 0.29) is 0 Å². The smallest absolute Gasteiger partial charge is 0.211 e. The van der Waals surface area contributed by atoms with Crippen LogP contribution >= 0.6 is 0 Å². The highest BCUT2D eigenvalue weighted by molar-refractivity contribution is 5.73. The third-order valence-electron chi connectivity index (χ3n) is 2.99. The quantitative estimate of drug-likeness (QED) is 0.594. The van der Waals surface area contributed by atoms with Crippen molar-refractivity contribution in [3.63, 3.8) is 0 Å². The summed E-state index contributed by atoms with van der Waals surface area (Å²) in [5.74, 6) is 0. The third-order valence-corrected chi connectivity index (χ3v) is 2.99. The van der Waals surface area contributed by atoms with Gasteiger partial charge in [-0.15, -0.1) is 6.58 Å². The van der Waals surface area contributed by atoms with E-state index >= 15 is 0 Å². The van der Waals surface area contributed by atoms with E-state index in [1.807, 2.05) is 30.3 Å². The van der Waals surface area contributed by atoms with Crippen LogP contribution in [-0.2, 0) is 17.8 Å². The van der Waals surface area contributed by atoms with Crippen LogP contribution in [0.15, 0.2) is 61.2 Å². The van der Waals surface area contributed by atoms with Gasteiger partial charge in [-0.1, -0.05) is 36.4 Å². The van der Waals surface area contributed by atoms with Gasteiger partial charge in [0.2, 0.25) is 6.41 Å². The number of carbonyl (C=O) groups excluding carboxylic acids is 1. The predicted molar refractivity (Wildman–Crippen MR) is 83.8 cm³/mol. The van der Waals surface area contributed by atoms with E-state index in [2.05, 4.69) is 41.5 Å². The van der Waals surface area contributed by atoms with E-state index in [4.69, 9.17) is 0 Å². The Labute approximate surface area is 119 Å². The van der Waals surface area contributed by atoms with Crippen molar-refractivity contribution >= 4 is 17.8 Å². The number of amides is 1. The number of nitrogens with one attached hydrogen (secondary N) is 2. The SMILES string of the molecule is C=CCc1ccc(CNc2cccc(NC=O)c2)cc1. The van der Waals surface area contributed by atoms with Gasteiger partial charge in [0.15, 0.2) is 0 Å². The number of benzene rings is 2. The molecule has 2 rings (SSSR count). The zero-order valence-electron chi connectivity index (χ0n) is 11.3. The van der Waals surface area contributed by atoms with Gasteiger partial charge in [0.05, 0.1) is 0 Å². The summed E-state index contributed by atoms with van der Waals surface area (Å²) in [5.41, 5.74) is 4.24. The molecular weight excluding hydrogens is 248 g/mol. The molecule has 0 saturated carbocycles. The highest BCUT2D eigenvalue weighted by Gasteiger charge is 1.97. The Morgan fingerprint density at radius 1 is 1.00 bits per heavy atom. The molecule has 0 aromatic heterocycles. The molecule has 0 aliphatic rings. The second-order valence-electron chi connectivity index (χ2n) is 4.51. The fraction of sp³-hybridized carbons (Fsp3) is 0.118. The maximum Gasteiger partial charge on any atom is 0.211 e. The van der Waals surface area contributed by atoms with Crippen LogP contribution in [-0.4, -0.2) is 6.41 Å². The summed E-state index contributed by atoms with van der Waals surface area (Å²) in [7, 11) is 0. The van der Waals surface area contributed by atoms with E-state index in [0.717, 1.165) is 24.3 Å². The first kappa shape index (κ1) is 13.9. The summed E-state index contributed by atoms with van der Waals surface area (Å²) in [6.07, 6.45) is 3.48. The van der Waals surface area contributed by atoms with Gasteiger partial charge in [0.25, 0.3) is 0 Å². The molecule has 0 bridgehead atoms. The fourth-order valence-electron chi connectivity index (χ4n) is 1.95. The Bertz CT molecular complexity index is 576. The summed E-state index contributed by atoms with van der Waals surface area (Å²) >= 11 is 0. The Hall–Kier alpha value is -2.55. The lowest BCUT2D eigenvalue weighted by Gasteiger charge is -2.08. The van der Waals surface area contributed by atoms with Gasteiger partial charge in [0, 0.05) is 17.9 Å². The average Bonchev–Trinajstić information content (AvgIpc) is 2.48. The van der Waals surface area contributed by atoms with Crippen molar-refractivity contribution in [2.45, 2.75) is 13.0 Å². The molecule has 0 unspecified atom stereocenters. The molecule has 3 nitrogen and oxygen atoms in total. The van der Waals surface area contributed by atoms with E-state index in [1.54, 1.807) is 0 Å². The minimum absolute atomic E-state index is 0.678. The van der Waals surface area contributed by atoms with E-state index in [0.29, 0.717) is 6.41 Å². The van der Waals surface area contributed by atoms with Gasteiger partial charge in [-0.3, -0.25) is 4.79 Å². The highest BCUT2D eigenvalue weighted by atomic mass is 16.1. The van der Waals surface area contributed by atoms with Crippen LogP contribution in [0.3, 0.4) is 0 Å². The standard InChI is InChI=1S/C17H18N2O/c1-2-4-14-7-9-15(10-8-14)12-18-16-5-3-6-17(11-16)19-13-20/h2-3,5-11,13,18H,1,4,12H2,(H,19,20). The lowest BCUT2D eigenvalue weighted by molar-refractivity contribution is -0.105. The van der Waals surface area contributed by atoms with E-state index in [1.165, 1.54) is 11.1 Å². The van der Waals surface area contributed by atoms with Crippen molar-refractivity contribution in [1.82, 2.24) is 0 Å². The Morgan fingerprint density at radius 3 is 2.40 bits per heavy atom.